The molecule has 0 unspecified atom stereocenters. The van der Waals surface area contributed by atoms with E-state index in [0.717, 1.165) is 25.7 Å². The number of hydrogen-bond donors (Lipinski definition) is 1. The molecule has 0 aromatic heterocycles. The van der Waals surface area contributed by atoms with E-state index in [9.17, 15) is 9.59 Å². The summed E-state index contributed by atoms with van der Waals surface area (Å²) in [7, 11) is 2.76. The number of carbonyl (C=O) groups excluding carboxylic acids is 1. The third-order valence-corrected chi connectivity index (χ3v) is 3.60. The van der Waals surface area contributed by atoms with Crippen LogP contribution in [0.5, 0.6) is 17.2 Å². The highest BCUT2D eigenvalue weighted by Crippen LogP contribution is 2.40. The van der Waals surface area contributed by atoms with Crippen molar-refractivity contribution in [3.8, 4) is 17.2 Å². The average Bonchev–Trinajstić information content (AvgIpc) is 3.01. The SMILES string of the molecule is COc1cc(C(=O)O)cc(OC)c1OC(=O)C1CCCC1. The summed E-state index contributed by atoms with van der Waals surface area (Å²) in [6, 6.07) is 2.62. The number of aromatic carboxylic acids is 1. The predicted molar refractivity (Wildman–Crippen MR) is 74.1 cm³/mol. The molecule has 1 fully saturated rings. The van der Waals surface area contributed by atoms with Crippen LogP contribution in [-0.4, -0.2) is 31.3 Å². The van der Waals surface area contributed by atoms with Gasteiger partial charge in [0.25, 0.3) is 0 Å². The molecule has 1 aliphatic carbocycles. The molecule has 2 rings (SSSR count). The summed E-state index contributed by atoms with van der Waals surface area (Å²) in [5.41, 5.74) is 0.00404. The van der Waals surface area contributed by atoms with E-state index in [0.29, 0.717) is 0 Å². The average molecular weight is 294 g/mol. The Balaban J connectivity index is 2.32. The van der Waals surface area contributed by atoms with Gasteiger partial charge in [0, 0.05) is 0 Å². The Morgan fingerprint density at radius 2 is 1.62 bits per heavy atom. The second-order valence-electron chi connectivity index (χ2n) is 4.92. The number of carboxylic acid groups (broad SMARTS) is 1. The van der Waals surface area contributed by atoms with E-state index < -0.39 is 5.97 Å². The lowest BCUT2D eigenvalue weighted by atomic mass is 10.1. The van der Waals surface area contributed by atoms with Gasteiger partial charge < -0.3 is 19.3 Å². The van der Waals surface area contributed by atoms with Crippen LogP contribution in [0.3, 0.4) is 0 Å². The molecule has 0 amide bonds. The fourth-order valence-corrected chi connectivity index (χ4v) is 2.45. The van der Waals surface area contributed by atoms with Crippen molar-refractivity contribution < 1.29 is 28.9 Å². The van der Waals surface area contributed by atoms with E-state index in [1.165, 1.54) is 26.4 Å². The van der Waals surface area contributed by atoms with Crippen LogP contribution in [0.4, 0.5) is 0 Å². The first-order valence-corrected chi connectivity index (χ1v) is 6.77. The number of methoxy groups -OCH3 is 2. The van der Waals surface area contributed by atoms with Crippen LogP contribution in [0, 0.1) is 5.92 Å². The molecule has 6 nitrogen and oxygen atoms in total. The molecule has 0 bridgehead atoms. The fourth-order valence-electron chi connectivity index (χ4n) is 2.45. The molecule has 1 aliphatic rings. The summed E-state index contributed by atoms with van der Waals surface area (Å²) in [6.45, 7) is 0. The van der Waals surface area contributed by atoms with Crippen molar-refractivity contribution in [2.45, 2.75) is 25.7 Å². The van der Waals surface area contributed by atoms with Gasteiger partial charge in [-0.1, -0.05) is 12.8 Å². The second kappa shape index (κ2) is 6.47. The van der Waals surface area contributed by atoms with Crippen molar-refractivity contribution in [1.82, 2.24) is 0 Å². The van der Waals surface area contributed by atoms with E-state index in [2.05, 4.69) is 0 Å². The van der Waals surface area contributed by atoms with E-state index in [4.69, 9.17) is 19.3 Å². The minimum atomic E-state index is -1.11. The molecule has 0 aliphatic heterocycles. The van der Waals surface area contributed by atoms with Gasteiger partial charge in [-0.2, -0.15) is 0 Å². The lowest BCUT2D eigenvalue weighted by molar-refractivity contribution is -0.138. The quantitative estimate of drug-likeness (QED) is 0.663. The summed E-state index contributed by atoms with van der Waals surface area (Å²) in [6.07, 6.45) is 3.67. The number of benzene rings is 1. The van der Waals surface area contributed by atoms with Gasteiger partial charge in [-0.3, -0.25) is 4.79 Å². The third kappa shape index (κ3) is 3.26. The van der Waals surface area contributed by atoms with Crippen molar-refractivity contribution in [3.63, 3.8) is 0 Å². The van der Waals surface area contributed by atoms with E-state index in [1.54, 1.807) is 0 Å². The van der Waals surface area contributed by atoms with Crippen LogP contribution >= 0.6 is 0 Å². The first-order valence-electron chi connectivity index (χ1n) is 6.77. The van der Waals surface area contributed by atoms with Gasteiger partial charge in [0.15, 0.2) is 11.5 Å². The Morgan fingerprint density at radius 3 is 2.05 bits per heavy atom. The summed E-state index contributed by atoms with van der Waals surface area (Å²) < 4.78 is 15.6. The number of carbonyl (C=O) groups is 2. The Bertz CT molecular complexity index is 520. The summed E-state index contributed by atoms with van der Waals surface area (Å²) >= 11 is 0. The van der Waals surface area contributed by atoms with E-state index in [1.807, 2.05) is 0 Å². The van der Waals surface area contributed by atoms with Crippen molar-refractivity contribution in [3.05, 3.63) is 17.7 Å². The van der Waals surface area contributed by atoms with Crippen LogP contribution in [0.25, 0.3) is 0 Å². The standard InChI is InChI=1S/C15H18O6/c1-19-11-7-10(14(16)17)8-12(20-2)13(11)21-15(18)9-5-3-4-6-9/h7-9H,3-6H2,1-2H3,(H,16,17). The molecule has 0 atom stereocenters. The van der Waals surface area contributed by atoms with Gasteiger partial charge >= 0.3 is 11.9 Å². The van der Waals surface area contributed by atoms with Gasteiger partial charge in [-0.05, 0) is 25.0 Å². The zero-order chi connectivity index (χ0) is 15.4. The molecule has 0 heterocycles. The molecule has 0 radical (unpaired) electrons. The van der Waals surface area contributed by atoms with Crippen molar-refractivity contribution >= 4 is 11.9 Å². The van der Waals surface area contributed by atoms with Crippen molar-refractivity contribution in [2.75, 3.05) is 14.2 Å². The van der Waals surface area contributed by atoms with Crippen LogP contribution in [0.1, 0.15) is 36.0 Å². The zero-order valence-electron chi connectivity index (χ0n) is 12.0. The van der Waals surface area contributed by atoms with Gasteiger partial charge in [-0.25, -0.2) is 4.79 Å². The highest BCUT2D eigenvalue weighted by molar-refractivity contribution is 5.90. The maximum Gasteiger partial charge on any atom is 0.335 e. The molecule has 0 spiro atoms. The zero-order valence-corrected chi connectivity index (χ0v) is 12.0. The molecule has 1 aromatic rings. The number of hydrogen-bond acceptors (Lipinski definition) is 5. The Labute approximate surface area is 122 Å². The minimum Gasteiger partial charge on any atom is -0.493 e. The maximum absolute atomic E-state index is 12.1. The van der Waals surface area contributed by atoms with Crippen LogP contribution in [0.2, 0.25) is 0 Å². The molecule has 1 aromatic carbocycles. The van der Waals surface area contributed by atoms with Gasteiger partial charge in [0.2, 0.25) is 5.75 Å². The molecule has 0 saturated heterocycles. The molecule has 114 valence electrons. The van der Waals surface area contributed by atoms with Crippen LogP contribution < -0.4 is 14.2 Å². The Hall–Kier alpha value is -2.24. The van der Waals surface area contributed by atoms with Gasteiger partial charge in [0.05, 0.1) is 25.7 Å². The topological polar surface area (TPSA) is 82.1 Å². The number of esters is 1. The van der Waals surface area contributed by atoms with E-state index >= 15 is 0 Å². The highest BCUT2D eigenvalue weighted by Gasteiger charge is 2.27. The largest absolute Gasteiger partial charge is 0.493 e. The molecule has 21 heavy (non-hydrogen) atoms. The molecule has 1 N–H and O–H groups in total. The van der Waals surface area contributed by atoms with E-state index in [-0.39, 0.29) is 34.7 Å². The van der Waals surface area contributed by atoms with Gasteiger partial charge in [0.1, 0.15) is 0 Å². The Kier molecular flexibility index (Phi) is 4.67. The third-order valence-electron chi connectivity index (χ3n) is 3.60. The van der Waals surface area contributed by atoms with Crippen molar-refractivity contribution in [1.29, 1.82) is 0 Å². The lowest BCUT2D eigenvalue weighted by Gasteiger charge is -2.15. The highest BCUT2D eigenvalue weighted by atomic mass is 16.6. The summed E-state index contributed by atoms with van der Waals surface area (Å²) in [5, 5.41) is 9.05. The minimum absolute atomic E-state index is 0.00404. The maximum atomic E-state index is 12.1. The predicted octanol–water partition coefficient (Wildman–Crippen LogP) is 2.50. The van der Waals surface area contributed by atoms with Gasteiger partial charge in [-0.15, -0.1) is 0 Å². The fraction of sp³-hybridized carbons (Fsp3) is 0.467. The number of rotatable bonds is 5. The molecule has 6 heteroatoms. The lowest BCUT2D eigenvalue weighted by Crippen LogP contribution is -2.18. The second-order valence-corrected chi connectivity index (χ2v) is 4.92. The van der Waals surface area contributed by atoms with Crippen LogP contribution in [-0.2, 0) is 4.79 Å². The Morgan fingerprint density at radius 1 is 1.10 bits per heavy atom. The molecular formula is C15H18O6. The first-order chi connectivity index (χ1) is 10.1. The monoisotopic (exact) mass is 294 g/mol. The summed E-state index contributed by atoms with van der Waals surface area (Å²) in [5.74, 6) is -1.09. The smallest absolute Gasteiger partial charge is 0.335 e. The number of ether oxygens (including phenoxy) is 3. The number of carboxylic acids is 1. The normalized spacial score (nSPS) is 14.8. The summed E-state index contributed by atoms with van der Waals surface area (Å²) in [4.78, 5) is 23.2. The molecular weight excluding hydrogens is 276 g/mol. The first kappa shape index (κ1) is 15.2. The van der Waals surface area contributed by atoms with Crippen LogP contribution in [0.15, 0.2) is 12.1 Å². The molecule has 1 saturated carbocycles. The van der Waals surface area contributed by atoms with Crippen molar-refractivity contribution in [2.24, 2.45) is 5.92 Å².